The number of aromatic nitrogens is 1. The lowest BCUT2D eigenvalue weighted by atomic mass is 10.0. The third-order valence-corrected chi connectivity index (χ3v) is 5.83. The van der Waals surface area contributed by atoms with E-state index in [-0.39, 0.29) is 37.4 Å². The van der Waals surface area contributed by atoms with Gasteiger partial charge in [0.1, 0.15) is 24.0 Å². The highest BCUT2D eigenvalue weighted by molar-refractivity contribution is 6.31. The summed E-state index contributed by atoms with van der Waals surface area (Å²) in [5.74, 6) is 0.277. The van der Waals surface area contributed by atoms with Crippen LogP contribution in [0.1, 0.15) is 39.2 Å². The number of nitrogens with two attached hydrogens (primary N) is 2. The van der Waals surface area contributed by atoms with Gasteiger partial charge in [-0.05, 0) is 76.4 Å². The van der Waals surface area contributed by atoms with Gasteiger partial charge in [-0.1, -0.05) is 17.7 Å². The number of hydrogen-bond acceptors (Lipinski definition) is 6. The van der Waals surface area contributed by atoms with Gasteiger partial charge in [0.05, 0.1) is 17.6 Å². The van der Waals surface area contributed by atoms with Gasteiger partial charge in [0.25, 0.3) is 0 Å². The molecule has 0 radical (unpaired) electrons. The third-order valence-electron chi connectivity index (χ3n) is 5.60. The average Bonchev–Trinajstić information content (AvgIpc) is 2.82. The molecule has 0 spiro atoms. The summed E-state index contributed by atoms with van der Waals surface area (Å²) in [6.07, 6.45) is 0.151. The number of benzene rings is 2. The molecule has 10 nitrogen and oxygen atoms in total. The minimum Gasteiger partial charge on any atom is -0.492 e. The molecule has 12 heteroatoms. The van der Waals surface area contributed by atoms with Crippen LogP contribution in [0.5, 0.6) is 5.75 Å². The van der Waals surface area contributed by atoms with Crippen molar-refractivity contribution in [2.45, 2.75) is 52.2 Å². The number of fused-ring (bicyclic) bond motifs is 2. The Morgan fingerprint density at radius 3 is 2.54 bits per heavy atom. The SMILES string of the molecule is Cc1c2ccc(Cl)cc2nc2ccc(OCCNC(=O)[C@H](CCCN=C(N)N)NC(=O)OC(C)(C)C)cc12.Cl. The van der Waals surface area contributed by atoms with Gasteiger partial charge >= 0.3 is 6.09 Å². The smallest absolute Gasteiger partial charge is 0.408 e. The minimum atomic E-state index is -0.810. The number of nitrogens with zero attached hydrogens (tertiary/aromatic N) is 2. The van der Waals surface area contributed by atoms with Crippen molar-refractivity contribution in [1.82, 2.24) is 15.6 Å². The molecular formula is C27H36Cl2N6O4. The van der Waals surface area contributed by atoms with Gasteiger partial charge in [0.15, 0.2) is 5.96 Å². The molecule has 1 aromatic heterocycles. The number of ether oxygens (including phenoxy) is 2. The van der Waals surface area contributed by atoms with Gasteiger partial charge in [0.2, 0.25) is 5.91 Å². The highest BCUT2D eigenvalue weighted by Crippen LogP contribution is 2.29. The monoisotopic (exact) mass is 578 g/mol. The normalized spacial score (nSPS) is 11.8. The summed E-state index contributed by atoms with van der Waals surface area (Å²) in [7, 11) is 0. The molecular weight excluding hydrogens is 543 g/mol. The number of carbonyl (C=O) groups excluding carboxylic acids is 2. The largest absolute Gasteiger partial charge is 0.492 e. The molecule has 2 aromatic carbocycles. The first-order chi connectivity index (χ1) is 17.9. The molecule has 212 valence electrons. The van der Waals surface area contributed by atoms with Crippen molar-refractivity contribution in [3.05, 3.63) is 47.0 Å². The van der Waals surface area contributed by atoms with Crippen molar-refractivity contribution in [1.29, 1.82) is 0 Å². The molecule has 0 saturated heterocycles. The van der Waals surface area contributed by atoms with E-state index in [9.17, 15) is 9.59 Å². The van der Waals surface area contributed by atoms with E-state index in [0.29, 0.717) is 30.2 Å². The number of pyridine rings is 1. The lowest BCUT2D eigenvalue weighted by molar-refractivity contribution is -0.123. The van der Waals surface area contributed by atoms with Gasteiger partial charge in [-0.15, -0.1) is 12.4 Å². The van der Waals surface area contributed by atoms with Crippen LogP contribution < -0.4 is 26.8 Å². The molecule has 1 atom stereocenters. The number of hydrogen-bond donors (Lipinski definition) is 4. The standard InChI is InChI=1S/C27H35ClN6O4.ClH/c1-16-19-9-7-17(28)14-23(19)33-21-10-8-18(15-20(16)21)37-13-12-31-24(35)22(6-5-11-32-25(29)30)34-26(36)38-27(2,3)4;/h7-10,14-15,22H,5-6,11-13H2,1-4H3,(H,31,35)(H,34,36)(H4,29,30,32);1H/t22-;/m0./s1. The molecule has 0 aliphatic heterocycles. The second-order valence-corrected chi connectivity index (χ2v) is 10.3. The second kappa shape index (κ2) is 14.0. The van der Waals surface area contributed by atoms with E-state index < -0.39 is 17.7 Å². The maximum absolute atomic E-state index is 12.8. The predicted molar refractivity (Wildman–Crippen MR) is 158 cm³/mol. The van der Waals surface area contributed by atoms with E-state index in [1.54, 1.807) is 20.8 Å². The van der Waals surface area contributed by atoms with Crippen molar-refractivity contribution in [3.8, 4) is 5.75 Å². The molecule has 0 fully saturated rings. The molecule has 39 heavy (non-hydrogen) atoms. The van der Waals surface area contributed by atoms with E-state index >= 15 is 0 Å². The molecule has 3 rings (SSSR count). The summed E-state index contributed by atoms with van der Waals surface area (Å²) in [5, 5.41) is 8.07. The topological polar surface area (TPSA) is 154 Å². The van der Waals surface area contributed by atoms with Crippen molar-refractivity contribution in [2.24, 2.45) is 16.5 Å². The number of carbonyl (C=O) groups is 2. The van der Waals surface area contributed by atoms with Crippen LogP contribution in [0.2, 0.25) is 5.02 Å². The predicted octanol–water partition coefficient (Wildman–Crippen LogP) is 4.21. The molecule has 6 N–H and O–H groups in total. The number of aryl methyl sites for hydroxylation is 1. The summed E-state index contributed by atoms with van der Waals surface area (Å²) in [6, 6.07) is 10.5. The molecule has 0 bridgehead atoms. The van der Waals surface area contributed by atoms with Gasteiger partial charge in [0, 0.05) is 22.3 Å². The number of halogens is 2. The maximum atomic E-state index is 12.8. The van der Waals surface area contributed by atoms with Crippen molar-refractivity contribution < 1.29 is 19.1 Å². The number of rotatable bonds is 10. The Morgan fingerprint density at radius 2 is 1.85 bits per heavy atom. The van der Waals surface area contributed by atoms with Gasteiger partial charge in [-0.2, -0.15) is 0 Å². The van der Waals surface area contributed by atoms with Gasteiger partial charge < -0.3 is 31.6 Å². The Morgan fingerprint density at radius 1 is 1.10 bits per heavy atom. The molecule has 1 heterocycles. The Hall–Kier alpha value is -3.50. The molecule has 0 aliphatic carbocycles. The van der Waals surface area contributed by atoms with E-state index in [1.165, 1.54) is 0 Å². The van der Waals surface area contributed by atoms with Crippen LogP contribution in [0.4, 0.5) is 4.79 Å². The average molecular weight is 580 g/mol. The maximum Gasteiger partial charge on any atom is 0.408 e. The lowest BCUT2D eigenvalue weighted by Crippen LogP contribution is -2.49. The quantitative estimate of drug-likeness (QED) is 0.121. The fraction of sp³-hybridized carbons (Fsp3) is 0.407. The Labute approximate surface area is 239 Å². The summed E-state index contributed by atoms with van der Waals surface area (Å²) in [6.45, 7) is 8.10. The number of guanidine groups is 1. The summed E-state index contributed by atoms with van der Waals surface area (Å²) in [4.78, 5) is 33.7. The first-order valence-corrected chi connectivity index (χ1v) is 12.8. The molecule has 2 amide bonds. The van der Waals surface area contributed by atoms with Crippen molar-refractivity contribution in [2.75, 3.05) is 19.7 Å². The Kier molecular flexibility index (Phi) is 11.4. The molecule has 0 aliphatic rings. The van der Waals surface area contributed by atoms with E-state index in [2.05, 4.69) is 15.6 Å². The number of alkyl carbamates (subject to hydrolysis) is 1. The number of aliphatic imine (C=N–C) groups is 1. The zero-order chi connectivity index (χ0) is 27.9. The highest BCUT2D eigenvalue weighted by Gasteiger charge is 2.24. The molecule has 0 unspecified atom stereocenters. The van der Waals surface area contributed by atoms with E-state index in [4.69, 9.17) is 37.5 Å². The number of amides is 2. The first-order valence-electron chi connectivity index (χ1n) is 12.4. The van der Waals surface area contributed by atoms with Crippen LogP contribution in [-0.4, -0.2) is 54.3 Å². The van der Waals surface area contributed by atoms with Crippen LogP contribution in [0.25, 0.3) is 21.8 Å². The van der Waals surface area contributed by atoms with E-state index in [0.717, 1.165) is 27.4 Å². The fourth-order valence-corrected chi connectivity index (χ4v) is 4.05. The number of nitrogens with one attached hydrogen (secondary N) is 2. The van der Waals surface area contributed by atoms with Crippen LogP contribution in [-0.2, 0) is 9.53 Å². The Balaban J connectivity index is 0.00000533. The second-order valence-electron chi connectivity index (χ2n) is 9.86. The highest BCUT2D eigenvalue weighted by atomic mass is 35.5. The lowest BCUT2D eigenvalue weighted by Gasteiger charge is -2.23. The third kappa shape index (κ3) is 9.63. The van der Waals surface area contributed by atoms with Crippen LogP contribution >= 0.6 is 24.0 Å². The van der Waals surface area contributed by atoms with Crippen LogP contribution in [0.15, 0.2) is 41.4 Å². The summed E-state index contributed by atoms with van der Waals surface area (Å²) in [5.41, 5.74) is 12.8. The molecule has 0 saturated carbocycles. The van der Waals surface area contributed by atoms with Crippen LogP contribution in [0.3, 0.4) is 0 Å². The van der Waals surface area contributed by atoms with E-state index in [1.807, 2.05) is 43.3 Å². The van der Waals surface area contributed by atoms with Gasteiger partial charge in [-0.3, -0.25) is 9.79 Å². The zero-order valence-corrected chi connectivity index (χ0v) is 24.1. The molecule has 3 aromatic rings. The Bertz CT molecular complexity index is 1340. The fourth-order valence-electron chi connectivity index (χ4n) is 3.88. The zero-order valence-electron chi connectivity index (χ0n) is 22.5. The minimum absolute atomic E-state index is 0. The van der Waals surface area contributed by atoms with Crippen LogP contribution in [0, 0.1) is 6.92 Å². The van der Waals surface area contributed by atoms with Crippen molar-refractivity contribution >= 4 is 63.8 Å². The van der Waals surface area contributed by atoms with Crippen molar-refractivity contribution in [3.63, 3.8) is 0 Å². The summed E-state index contributed by atoms with van der Waals surface area (Å²) >= 11 is 6.12. The first kappa shape index (κ1) is 31.7. The van der Waals surface area contributed by atoms with Gasteiger partial charge in [-0.25, -0.2) is 9.78 Å². The summed E-state index contributed by atoms with van der Waals surface area (Å²) < 4.78 is 11.2.